The van der Waals surface area contributed by atoms with E-state index < -0.39 is 0 Å². The van der Waals surface area contributed by atoms with Crippen molar-refractivity contribution in [1.82, 2.24) is 4.57 Å². The lowest BCUT2D eigenvalue weighted by atomic mass is 9.84. The Hall–Kier alpha value is -3.68. The highest BCUT2D eigenvalue weighted by atomic mass is 79.9. The highest BCUT2D eigenvalue weighted by Crippen LogP contribution is 2.41. The van der Waals surface area contributed by atoms with Gasteiger partial charge in [0.2, 0.25) is 0 Å². The molecule has 2 heterocycles. The van der Waals surface area contributed by atoms with Gasteiger partial charge in [0.15, 0.2) is 4.80 Å². The van der Waals surface area contributed by atoms with Crippen molar-refractivity contribution in [3.05, 3.63) is 130 Å². The molecular formula is C32H27BrN2O3S. The summed E-state index contributed by atoms with van der Waals surface area (Å²) in [5, 5.41) is 0. The zero-order valence-corrected chi connectivity index (χ0v) is 24.1. The SMILES string of the molecule is COc1ccc(/C=C2\CCCC3=C2N=c2s/c(=C/c4cccc(Br)c4)c(=O)n2[C@H]3c2ccc(OC)cc2)cc1. The van der Waals surface area contributed by atoms with Crippen LogP contribution in [-0.4, -0.2) is 18.8 Å². The molecule has 0 bridgehead atoms. The third-order valence-corrected chi connectivity index (χ3v) is 8.64. The third-order valence-electron chi connectivity index (χ3n) is 7.17. The molecule has 0 saturated carbocycles. The summed E-state index contributed by atoms with van der Waals surface area (Å²) in [7, 11) is 3.34. The van der Waals surface area contributed by atoms with E-state index in [1.807, 2.05) is 59.2 Å². The van der Waals surface area contributed by atoms with E-state index in [0.29, 0.717) is 4.53 Å². The summed E-state index contributed by atoms with van der Waals surface area (Å²) < 4.78 is 14.3. The van der Waals surface area contributed by atoms with Crippen molar-refractivity contribution in [1.29, 1.82) is 0 Å². The number of fused-ring (bicyclic) bond motifs is 1. The van der Waals surface area contributed by atoms with Crippen LogP contribution in [0.4, 0.5) is 0 Å². The minimum atomic E-state index is -0.216. The second-order valence-corrected chi connectivity index (χ2v) is 11.5. The lowest BCUT2D eigenvalue weighted by molar-refractivity contribution is 0.414. The molecule has 0 N–H and O–H groups in total. The van der Waals surface area contributed by atoms with E-state index in [2.05, 4.69) is 46.3 Å². The van der Waals surface area contributed by atoms with Crippen LogP contribution in [0.2, 0.25) is 0 Å². The van der Waals surface area contributed by atoms with Gasteiger partial charge in [-0.3, -0.25) is 9.36 Å². The van der Waals surface area contributed by atoms with Gasteiger partial charge in [-0.25, -0.2) is 4.99 Å². The minimum absolute atomic E-state index is 0.0163. The van der Waals surface area contributed by atoms with Gasteiger partial charge in [-0.2, -0.15) is 0 Å². The molecule has 2 aliphatic rings. The van der Waals surface area contributed by atoms with Gasteiger partial charge in [-0.15, -0.1) is 0 Å². The fourth-order valence-corrected chi connectivity index (χ4v) is 6.71. The van der Waals surface area contributed by atoms with Crippen molar-refractivity contribution in [2.75, 3.05) is 14.2 Å². The fourth-order valence-electron chi connectivity index (χ4n) is 5.29. The maximum absolute atomic E-state index is 13.9. The van der Waals surface area contributed by atoms with Crippen LogP contribution in [-0.2, 0) is 0 Å². The second-order valence-electron chi connectivity index (χ2n) is 9.58. The zero-order chi connectivity index (χ0) is 26.9. The number of nitrogens with zero attached hydrogens (tertiary/aromatic N) is 2. The van der Waals surface area contributed by atoms with Crippen molar-refractivity contribution in [2.24, 2.45) is 4.99 Å². The number of rotatable bonds is 5. The van der Waals surface area contributed by atoms with Crippen molar-refractivity contribution >= 4 is 39.4 Å². The van der Waals surface area contributed by atoms with Gasteiger partial charge in [0.1, 0.15) is 11.5 Å². The van der Waals surface area contributed by atoms with E-state index in [9.17, 15) is 4.79 Å². The van der Waals surface area contributed by atoms with Crippen LogP contribution in [0.3, 0.4) is 0 Å². The molecule has 0 fully saturated rings. The Bertz CT molecular complexity index is 1780. The first-order valence-electron chi connectivity index (χ1n) is 12.8. The molecule has 39 heavy (non-hydrogen) atoms. The van der Waals surface area contributed by atoms with Gasteiger partial charge in [0, 0.05) is 4.47 Å². The van der Waals surface area contributed by atoms with Crippen LogP contribution in [0, 0.1) is 0 Å². The zero-order valence-electron chi connectivity index (χ0n) is 21.7. The van der Waals surface area contributed by atoms with E-state index >= 15 is 0 Å². The van der Waals surface area contributed by atoms with Gasteiger partial charge < -0.3 is 9.47 Å². The quantitative estimate of drug-likeness (QED) is 0.272. The van der Waals surface area contributed by atoms with E-state index in [1.54, 1.807) is 14.2 Å². The Morgan fingerprint density at radius 1 is 0.923 bits per heavy atom. The molecule has 0 radical (unpaired) electrons. The summed E-state index contributed by atoms with van der Waals surface area (Å²) in [6.45, 7) is 0. The highest BCUT2D eigenvalue weighted by molar-refractivity contribution is 9.10. The smallest absolute Gasteiger partial charge is 0.271 e. The summed E-state index contributed by atoms with van der Waals surface area (Å²) in [4.78, 5) is 19.8. The number of thiazole rings is 1. The fraction of sp³-hybridized carbons (Fsp3) is 0.188. The average Bonchev–Trinajstić information content (AvgIpc) is 3.27. The molecule has 3 aromatic carbocycles. The number of aromatic nitrogens is 1. The molecule has 1 aliphatic heterocycles. The van der Waals surface area contributed by atoms with Gasteiger partial charge in [-0.1, -0.05) is 63.7 Å². The van der Waals surface area contributed by atoms with Crippen molar-refractivity contribution in [2.45, 2.75) is 25.3 Å². The summed E-state index contributed by atoms with van der Waals surface area (Å²) in [6.07, 6.45) is 7.02. The van der Waals surface area contributed by atoms with Crippen LogP contribution in [0.15, 0.2) is 104 Å². The maximum Gasteiger partial charge on any atom is 0.271 e. The molecule has 196 valence electrons. The van der Waals surface area contributed by atoms with Crippen molar-refractivity contribution in [3.63, 3.8) is 0 Å². The van der Waals surface area contributed by atoms with Crippen LogP contribution in [0.1, 0.15) is 42.0 Å². The standard InChI is InChI=1S/C32H27BrN2O3S/c1-37-25-13-9-20(10-14-25)17-23-6-4-8-27-29(23)34-32-35(30(27)22-11-15-26(38-2)16-12-22)31(36)28(39-32)19-21-5-3-7-24(33)18-21/h3,5,7,9-19,30H,4,6,8H2,1-2H3/b23-17+,28-19+/t30-/m0/s1. The molecule has 1 aliphatic carbocycles. The van der Waals surface area contributed by atoms with Gasteiger partial charge in [0.05, 0.1) is 30.5 Å². The van der Waals surface area contributed by atoms with E-state index in [0.717, 1.165) is 62.4 Å². The topological polar surface area (TPSA) is 52.8 Å². The maximum atomic E-state index is 13.9. The molecule has 6 rings (SSSR count). The van der Waals surface area contributed by atoms with Crippen molar-refractivity contribution in [3.8, 4) is 11.5 Å². The lowest BCUT2D eigenvalue weighted by Crippen LogP contribution is -2.39. The van der Waals surface area contributed by atoms with Crippen LogP contribution >= 0.6 is 27.3 Å². The Morgan fingerprint density at radius 2 is 1.64 bits per heavy atom. The molecule has 0 saturated heterocycles. The summed E-state index contributed by atoms with van der Waals surface area (Å²) in [5.41, 5.74) is 6.51. The Kier molecular flexibility index (Phi) is 7.11. The van der Waals surface area contributed by atoms with Crippen molar-refractivity contribution < 1.29 is 9.47 Å². The molecular weight excluding hydrogens is 572 g/mol. The van der Waals surface area contributed by atoms with Crippen LogP contribution < -0.4 is 24.4 Å². The summed E-state index contributed by atoms with van der Waals surface area (Å²) >= 11 is 4.99. The number of methoxy groups -OCH3 is 2. The summed E-state index contributed by atoms with van der Waals surface area (Å²) in [5.74, 6) is 1.62. The van der Waals surface area contributed by atoms with E-state index in [4.69, 9.17) is 14.5 Å². The van der Waals surface area contributed by atoms with Gasteiger partial charge >= 0.3 is 0 Å². The van der Waals surface area contributed by atoms with Gasteiger partial charge in [0.25, 0.3) is 5.56 Å². The highest BCUT2D eigenvalue weighted by Gasteiger charge is 2.32. The van der Waals surface area contributed by atoms with Crippen LogP contribution in [0.5, 0.6) is 11.5 Å². The Balaban J connectivity index is 1.55. The Morgan fingerprint density at radius 3 is 2.33 bits per heavy atom. The molecule has 7 heteroatoms. The predicted molar refractivity (Wildman–Crippen MR) is 160 cm³/mol. The predicted octanol–water partition coefficient (Wildman–Crippen LogP) is 6.26. The van der Waals surface area contributed by atoms with E-state index in [1.165, 1.54) is 22.5 Å². The summed E-state index contributed by atoms with van der Waals surface area (Å²) in [6, 6.07) is 23.9. The lowest BCUT2D eigenvalue weighted by Gasteiger charge is -2.31. The first-order valence-corrected chi connectivity index (χ1v) is 14.4. The number of benzene rings is 3. The number of halogens is 1. The third kappa shape index (κ3) is 5.04. The number of hydrogen-bond donors (Lipinski definition) is 0. The molecule has 0 unspecified atom stereocenters. The first kappa shape index (κ1) is 25.6. The second kappa shape index (κ2) is 10.8. The van der Waals surface area contributed by atoms with Crippen LogP contribution in [0.25, 0.3) is 12.2 Å². The number of ether oxygens (including phenoxy) is 2. The molecule has 0 amide bonds. The normalized spacial score (nSPS) is 18.0. The molecule has 1 atom stereocenters. The number of hydrogen-bond acceptors (Lipinski definition) is 5. The molecule has 5 nitrogen and oxygen atoms in total. The average molecular weight is 600 g/mol. The first-order chi connectivity index (χ1) is 19.0. The minimum Gasteiger partial charge on any atom is -0.497 e. The largest absolute Gasteiger partial charge is 0.497 e. The van der Waals surface area contributed by atoms with E-state index in [-0.39, 0.29) is 11.6 Å². The Labute approximate surface area is 239 Å². The van der Waals surface area contributed by atoms with Gasteiger partial charge in [-0.05, 0) is 95.6 Å². The molecule has 1 aromatic heterocycles. The molecule has 4 aromatic rings. The molecule has 0 spiro atoms. The number of allylic oxidation sites excluding steroid dienone is 2. The monoisotopic (exact) mass is 598 g/mol.